The van der Waals surface area contributed by atoms with Gasteiger partial charge in [-0.05, 0) is 148 Å². The van der Waals surface area contributed by atoms with Gasteiger partial charge in [-0.2, -0.15) is 0 Å². The topological polar surface area (TPSA) is 251 Å². The largest absolute Gasteiger partial charge is 0.478 e. The summed E-state index contributed by atoms with van der Waals surface area (Å²) in [5, 5.41) is 10.2. The fraction of sp³-hybridized carbons (Fsp3) is 0.667. The molecule has 21 nitrogen and oxygen atoms in total. The summed E-state index contributed by atoms with van der Waals surface area (Å²) in [5.41, 5.74) is -5.01. The van der Waals surface area contributed by atoms with E-state index in [4.69, 9.17) is 33.2 Å². The van der Waals surface area contributed by atoms with E-state index in [1.165, 1.54) is 69.7 Å². The van der Waals surface area contributed by atoms with Crippen molar-refractivity contribution in [3.8, 4) is 0 Å². The highest BCUT2D eigenvalue weighted by Gasteiger charge is 2.60. The molecule has 0 spiro atoms. The number of carboxylic acids is 1. The highest BCUT2D eigenvalue weighted by Crippen LogP contribution is 2.45. The van der Waals surface area contributed by atoms with E-state index in [9.17, 15) is 48.3 Å². The fourth-order valence-electron chi connectivity index (χ4n) is 10.9. The van der Waals surface area contributed by atoms with Crippen LogP contribution in [0.15, 0.2) is 48.5 Å². The Morgan fingerprint density at radius 1 is 0.547 bits per heavy atom. The van der Waals surface area contributed by atoms with Crippen LogP contribution in [0.3, 0.4) is 0 Å². The summed E-state index contributed by atoms with van der Waals surface area (Å²) in [6, 6.07) is 11.2. The molecule has 86 heavy (non-hydrogen) atoms. The van der Waals surface area contributed by atoms with Crippen LogP contribution < -0.4 is 0 Å². The van der Waals surface area contributed by atoms with Gasteiger partial charge in [-0.25, -0.2) is 37.5 Å². The summed E-state index contributed by atoms with van der Waals surface area (Å²) < 4.78 is 70.5. The molecule has 2 heterocycles. The van der Waals surface area contributed by atoms with E-state index in [1.807, 2.05) is 24.3 Å². The molecular weight excluding hydrogens is 1120 g/mol. The second-order valence-electron chi connectivity index (χ2n) is 25.7. The molecule has 4 amide bonds. The number of amides is 4. The van der Waals surface area contributed by atoms with Gasteiger partial charge in [0.05, 0.1) is 0 Å². The van der Waals surface area contributed by atoms with Crippen molar-refractivity contribution < 1.29 is 90.2 Å². The number of nitrogens with zero attached hydrogens (tertiary/aromatic N) is 4. The van der Waals surface area contributed by atoms with Gasteiger partial charge in [-0.3, -0.25) is 19.3 Å². The number of esters is 4. The summed E-state index contributed by atoms with van der Waals surface area (Å²) in [5.74, 6) is -8.12. The zero-order valence-corrected chi connectivity index (χ0v) is 52.1. The summed E-state index contributed by atoms with van der Waals surface area (Å²) in [6.07, 6.45) is -5.35. The maximum atomic E-state index is 15.8. The zero-order valence-electron chi connectivity index (χ0n) is 52.1. The number of hydrogen-bond acceptors (Lipinski definition) is 16. The van der Waals surface area contributed by atoms with E-state index in [-0.39, 0.29) is 50.4 Å². The predicted octanol–water partition coefficient (Wildman–Crippen LogP) is 7.35. The van der Waals surface area contributed by atoms with E-state index in [1.54, 1.807) is 45.0 Å². The van der Waals surface area contributed by atoms with Crippen LogP contribution in [0.25, 0.3) is 0 Å². The van der Waals surface area contributed by atoms with E-state index in [2.05, 4.69) is 0 Å². The molecule has 2 saturated heterocycles. The predicted molar refractivity (Wildman–Crippen MR) is 308 cm³/mol. The Morgan fingerprint density at radius 3 is 1.23 bits per heavy atom. The third-order valence-electron chi connectivity index (χ3n) is 16.5. The molecule has 2 aliphatic carbocycles. The van der Waals surface area contributed by atoms with Crippen LogP contribution in [0.2, 0.25) is 0 Å². The first-order valence-electron chi connectivity index (χ1n) is 29.6. The molecule has 23 heteroatoms. The standard InChI is InChI=1S/C63H88F2N4O17/c1-38(50(70)67(11)47(37-61(8,9)65)55(76)85-49(53(73)74)35-41-16-20-43(21-17-41)45-24-32-81-33-25-45)82-56(77)62(26-27-62)68(12)52(72)48(34-40-14-18-42(19-15-40)44-22-30-80-31-23-44)84-54(75)46(36-60(6,7)64)66(10)51(71)39(2)83-57(78)63(28-29-63)69(13)58(79)86-59(3,4)5/h14-21,38-39,44-49H,22-37H2,1-13H3,(H,73,74)/t38-,39-,46+,47+,48-,49-/m1/s1. The average molecular weight is 1210 g/mol. The highest BCUT2D eigenvalue weighted by molar-refractivity contribution is 5.96. The van der Waals surface area contributed by atoms with E-state index < -0.39 is 131 Å². The molecule has 0 radical (unpaired) electrons. The number of alkyl halides is 2. The van der Waals surface area contributed by atoms with Gasteiger partial charge in [0.2, 0.25) is 6.10 Å². The van der Waals surface area contributed by atoms with Gasteiger partial charge in [-0.15, -0.1) is 0 Å². The Labute approximate surface area is 502 Å². The van der Waals surface area contributed by atoms with Crippen LogP contribution in [-0.4, -0.2) is 198 Å². The maximum absolute atomic E-state index is 15.8. The number of benzene rings is 2. The summed E-state index contributed by atoms with van der Waals surface area (Å²) in [6.45, 7) is 14.6. The fourth-order valence-corrected chi connectivity index (χ4v) is 10.9. The van der Waals surface area contributed by atoms with Crippen LogP contribution in [0, 0.1) is 0 Å². The van der Waals surface area contributed by atoms with Crippen LogP contribution in [-0.2, 0) is 84.4 Å². The number of carbonyl (C=O) groups is 9. The minimum absolute atomic E-state index is 0.0342. The summed E-state index contributed by atoms with van der Waals surface area (Å²) in [4.78, 5) is 129. The first-order chi connectivity index (χ1) is 40.1. The molecule has 2 aromatic rings. The van der Waals surface area contributed by atoms with Crippen molar-refractivity contribution >= 4 is 53.7 Å². The smallest absolute Gasteiger partial charge is 0.410 e. The molecule has 2 saturated carbocycles. The number of ether oxygens (including phenoxy) is 7. The maximum Gasteiger partial charge on any atom is 0.410 e. The van der Waals surface area contributed by atoms with Gasteiger partial charge >= 0.3 is 35.9 Å². The van der Waals surface area contributed by atoms with Crippen molar-refractivity contribution in [2.24, 2.45) is 0 Å². The molecule has 6 atom stereocenters. The Morgan fingerprint density at radius 2 is 0.895 bits per heavy atom. The van der Waals surface area contributed by atoms with Crippen LogP contribution >= 0.6 is 0 Å². The molecular formula is C63H88F2N4O17. The number of rotatable bonds is 26. The van der Waals surface area contributed by atoms with E-state index >= 15 is 8.78 Å². The van der Waals surface area contributed by atoms with Gasteiger partial charge in [-0.1, -0.05) is 48.5 Å². The van der Waals surface area contributed by atoms with Gasteiger partial charge in [0.1, 0.15) is 40.1 Å². The minimum Gasteiger partial charge on any atom is -0.478 e. The van der Waals surface area contributed by atoms with Crippen molar-refractivity contribution in [2.75, 3.05) is 54.6 Å². The second kappa shape index (κ2) is 28.0. The molecule has 4 fully saturated rings. The number of halogens is 2. The minimum atomic E-state index is -2.12. The average Bonchev–Trinajstić information content (AvgIpc) is 1.69. The van der Waals surface area contributed by atoms with Crippen molar-refractivity contribution in [3.63, 3.8) is 0 Å². The Bertz CT molecular complexity index is 2750. The third kappa shape index (κ3) is 17.9. The summed E-state index contributed by atoms with van der Waals surface area (Å²) >= 11 is 0. The number of likely N-dealkylation sites (N-methyl/N-ethyl adjacent to an activating group) is 4. The summed E-state index contributed by atoms with van der Waals surface area (Å²) in [7, 11) is 5.04. The zero-order chi connectivity index (χ0) is 63.9. The van der Waals surface area contributed by atoms with Gasteiger partial charge < -0.3 is 53.0 Å². The van der Waals surface area contributed by atoms with Crippen LogP contribution in [0.5, 0.6) is 0 Å². The molecule has 2 aromatic carbocycles. The molecule has 0 bridgehead atoms. The lowest BCUT2D eigenvalue weighted by Crippen LogP contribution is -2.55. The molecule has 476 valence electrons. The van der Waals surface area contributed by atoms with Crippen molar-refractivity contribution in [3.05, 3.63) is 70.8 Å². The Hall–Kier alpha value is -6.75. The van der Waals surface area contributed by atoms with Gasteiger partial charge in [0.15, 0.2) is 18.3 Å². The monoisotopic (exact) mass is 1210 g/mol. The van der Waals surface area contributed by atoms with Gasteiger partial charge in [0.25, 0.3) is 17.7 Å². The second-order valence-corrected chi connectivity index (χ2v) is 25.7. The number of carbonyl (C=O) groups excluding carboxylic acids is 8. The van der Waals surface area contributed by atoms with Gasteiger partial charge in [0, 0.05) is 80.3 Å². The molecule has 1 N–H and O–H groups in total. The molecule has 6 rings (SSSR count). The van der Waals surface area contributed by atoms with Crippen LogP contribution in [0.4, 0.5) is 13.6 Å². The molecule has 0 unspecified atom stereocenters. The lowest BCUT2D eigenvalue weighted by molar-refractivity contribution is -0.176. The van der Waals surface area contributed by atoms with Crippen LogP contribution in [0.1, 0.15) is 161 Å². The molecule has 0 aromatic heterocycles. The SMILES string of the molecule is C[C@@H](OC(=O)C1(N(C)C(=O)OC(C)(C)C)CC1)C(=O)N(C)[C@@H](CC(C)(C)F)C(=O)O[C@H](Cc1ccc(C2CCOCC2)cc1)C(=O)N(C)C1(C(=O)O[C@H](C)C(=O)N(C)[C@@H](CC(C)(C)F)C(=O)O[C@H](Cc2ccc(C3CCOCC3)cc2)C(=O)O)CC1. The highest BCUT2D eigenvalue weighted by atomic mass is 19.1. The normalized spacial score (nSPS) is 18.9. The first kappa shape index (κ1) is 68.4. The Kier molecular flexibility index (Phi) is 22.2. The quantitative estimate of drug-likeness (QED) is 0.0714. The number of hydrogen-bond donors (Lipinski definition) is 1. The lowest BCUT2D eigenvalue weighted by atomic mass is 9.90. The van der Waals surface area contributed by atoms with Crippen molar-refractivity contribution in [1.29, 1.82) is 0 Å². The third-order valence-corrected chi connectivity index (χ3v) is 16.5. The van der Waals surface area contributed by atoms with E-state index in [0.29, 0.717) is 37.6 Å². The number of aliphatic carboxylic acids is 1. The van der Waals surface area contributed by atoms with Crippen molar-refractivity contribution in [2.45, 2.75) is 216 Å². The van der Waals surface area contributed by atoms with E-state index in [0.717, 1.165) is 56.4 Å². The first-order valence-corrected chi connectivity index (χ1v) is 29.6. The lowest BCUT2D eigenvalue weighted by Gasteiger charge is -2.35. The Balaban J connectivity index is 1.18. The number of carboxylic acid groups (broad SMARTS) is 1. The molecule has 2 aliphatic heterocycles. The van der Waals surface area contributed by atoms with Crippen molar-refractivity contribution in [1.82, 2.24) is 19.6 Å². The molecule has 4 aliphatic rings.